The Kier molecular flexibility index (Phi) is 9.19. The van der Waals surface area contributed by atoms with Gasteiger partial charge in [0.15, 0.2) is 0 Å². The van der Waals surface area contributed by atoms with Crippen LogP contribution in [0.3, 0.4) is 0 Å². The van der Waals surface area contributed by atoms with E-state index in [0.717, 1.165) is 0 Å². The summed E-state index contributed by atoms with van der Waals surface area (Å²) in [5.74, 6) is 0. The Morgan fingerprint density at radius 2 is 0.938 bits per heavy atom. The molecule has 0 nitrogen and oxygen atoms in total. The van der Waals surface area contributed by atoms with Crippen molar-refractivity contribution in [2.75, 3.05) is 0 Å². The molecule has 0 saturated heterocycles. The van der Waals surface area contributed by atoms with E-state index < -0.39 is 0 Å². The third kappa shape index (κ3) is 4.56. The van der Waals surface area contributed by atoms with Crippen LogP contribution in [0.2, 0.25) is 0 Å². The molecule has 89 valence electrons. The SMILES string of the molecule is Cc1c(C)c(C)[c-](C)c1C.[Fe+5].[pH]1[pH][pH][pH][pH]1. The fraction of sp³-hybridized carbons (Fsp3) is 0.500. The zero-order chi connectivity index (χ0) is 11.4. The van der Waals surface area contributed by atoms with Crippen LogP contribution in [0.4, 0.5) is 0 Å². The molecule has 6 heteroatoms. The van der Waals surface area contributed by atoms with Crippen molar-refractivity contribution >= 4 is 37.7 Å². The molecule has 0 fully saturated rings. The summed E-state index contributed by atoms with van der Waals surface area (Å²) in [6.45, 7) is 11.0. The van der Waals surface area contributed by atoms with Crippen LogP contribution in [0.15, 0.2) is 0 Å². The van der Waals surface area contributed by atoms with E-state index in [1.54, 1.807) is 0 Å². The fourth-order valence-corrected chi connectivity index (χ4v) is 39.4. The largest absolute Gasteiger partial charge is 5.00 e. The molecule has 0 atom stereocenters. The van der Waals surface area contributed by atoms with Gasteiger partial charge in [0.25, 0.3) is 0 Å². The van der Waals surface area contributed by atoms with E-state index in [2.05, 4.69) is 34.6 Å². The average molecular weight is 351 g/mol. The molecule has 2 aromatic rings. The Labute approximate surface area is 117 Å². The van der Waals surface area contributed by atoms with Gasteiger partial charge in [-0.25, -0.2) is 0 Å². The summed E-state index contributed by atoms with van der Waals surface area (Å²) in [5.41, 5.74) is 7.34. The maximum absolute atomic E-state index is 2.20. The molecule has 0 unspecified atom stereocenters. The van der Waals surface area contributed by atoms with Gasteiger partial charge in [0, 0.05) is 0 Å². The minimum atomic E-state index is 0. The first-order chi connectivity index (χ1) is 7.05. The predicted molar refractivity (Wildman–Crippen MR) is 87.3 cm³/mol. The van der Waals surface area contributed by atoms with Crippen LogP contribution in [0.5, 0.6) is 0 Å². The molecule has 1 heterocycles. The molecule has 0 aliphatic carbocycles. The summed E-state index contributed by atoms with van der Waals surface area (Å²) in [5, 5.41) is 0. The number of rotatable bonds is 0. The summed E-state index contributed by atoms with van der Waals surface area (Å²) in [6.07, 6.45) is 0. The standard InChI is InChI=1S/C10H15.Fe.H5P5/c1-6-7(2)9(4)10(5)8(6)3;;1-2-4-5-3-1/h1-5H3;;1-5H/q-1;+5;. The van der Waals surface area contributed by atoms with Crippen LogP contribution >= 0.6 is 37.7 Å². The van der Waals surface area contributed by atoms with Crippen molar-refractivity contribution in [3.8, 4) is 0 Å². The molecule has 0 amide bonds. The van der Waals surface area contributed by atoms with Crippen molar-refractivity contribution in [1.82, 2.24) is 0 Å². The molecule has 1 radical (unpaired) electrons. The monoisotopic (exact) mass is 351 g/mol. The summed E-state index contributed by atoms with van der Waals surface area (Å²) >= 11 is 0. The second-order valence-corrected chi connectivity index (χ2v) is 20.0. The van der Waals surface area contributed by atoms with Crippen molar-refractivity contribution in [3.63, 3.8) is 0 Å². The summed E-state index contributed by atoms with van der Waals surface area (Å²) < 4.78 is 0. The van der Waals surface area contributed by atoms with Gasteiger partial charge in [0.05, 0.1) is 0 Å². The van der Waals surface area contributed by atoms with Gasteiger partial charge in [-0.15, -0.1) is 0 Å². The van der Waals surface area contributed by atoms with Crippen molar-refractivity contribution in [1.29, 1.82) is 0 Å². The van der Waals surface area contributed by atoms with Crippen LogP contribution in [0.25, 0.3) is 0 Å². The zero-order valence-corrected chi connectivity index (χ0v) is 16.5. The van der Waals surface area contributed by atoms with Crippen LogP contribution in [-0.2, 0) is 17.1 Å². The average Bonchev–Trinajstić information content (AvgIpc) is 2.86. The van der Waals surface area contributed by atoms with Crippen molar-refractivity contribution in [2.24, 2.45) is 0 Å². The molecule has 0 aliphatic rings. The first-order valence-electron chi connectivity index (χ1n) is 5.00. The van der Waals surface area contributed by atoms with E-state index in [-0.39, 0.29) is 17.1 Å². The van der Waals surface area contributed by atoms with Gasteiger partial charge in [0.2, 0.25) is 0 Å². The third-order valence-electron chi connectivity index (χ3n) is 3.12. The first kappa shape index (κ1) is 17.4. The Bertz CT molecular complexity index is 321. The normalized spacial score (nSPS) is 11.6. The predicted octanol–water partition coefficient (Wildman–Crippen LogP) is 5.91. The van der Waals surface area contributed by atoms with Gasteiger partial charge < -0.3 is 0 Å². The second-order valence-electron chi connectivity index (χ2n) is 3.75. The van der Waals surface area contributed by atoms with Crippen molar-refractivity contribution in [3.05, 3.63) is 27.8 Å². The van der Waals surface area contributed by atoms with E-state index in [4.69, 9.17) is 0 Å². The van der Waals surface area contributed by atoms with Crippen molar-refractivity contribution < 1.29 is 17.1 Å². The zero-order valence-electron chi connectivity index (χ0n) is 10.4. The Morgan fingerprint density at radius 3 is 1.06 bits per heavy atom. The Morgan fingerprint density at radius 1 is 0.688 bits per heavy atom. The fourth-order valence-electron chi connectivity index (χ4n) is 1.56. The Balaban J connectivity index is 0.000000318. The molecule has 0 saturated carbocycles. The smallest absolute Gasteiger partial charge is 0.196 e. The molecular weight excluding hydrogens is 331 g/mol. The number of hydrogen-bond acceptors (Lipinski definition) is 0. The second kappa shape index (κ2) is 8.47. The van der Waals surface area contributed by atoms with E-state index >= 15 is 0 Å². The van der Waals surface area contributed by atoms with Gasteiger partial charge in [-0.1, -0.05) is 72.4 Å². The molecule has 1 aromatic carbocycles. The van der Waals surface area contributed by atoms with Crippen LogP contribution in [-0.4, -0.2) is 0 Å². The van der Waals surface area contributed by atoms with E-state index in [1.807, 2.05) is 0 Å². The molecule has 0 aliphatic heterocycles. The summed E-state index contributed by atoms with van der Waals surface area (Å²) in [6, 6.07) is 0. The molecule has 2 rings (SSSR count). The van der Waals surface area contributed by atoms with E-state index in [1.165, 1.54) is 65.6 Å². The minimum absolute atomic E-state index is 0. The molecule has 1 aromatic heterocycles. The maximum atomic E-state index is 2.20. The molecular formula is C10H20FeP5+4. The molecule has 0 bridgehead atoms. The van der Waals surface area contributed by atoms with Crippen LogP contribution in [0.1, 0.15) is 27.8 Å². The van der Waals surface area contributed by atoms with Gasteiger partial charge in [-0.05, 0) is 0 Å². The van der Waals surface area contributed by atoms with E-state index in [9.17, 15) is 0 Å². The van der Waals surface area contributed by atoms with Gasteiger partial charge in [-0.3, -0.25) is 0 Å². The quantitative estimate of drug-likeness (QED) is 0.409. The first-order valence-corrected chi connectivity index (χ1v) is 15.0. The van der Waals surface area contributed by atoms with Gasteiger partial charge in [0.1, 0.15) is 0 Å². The summed E-state index contributed by atoms with van der Waals surface area (Å²) in [7, 11) is 6.94. The molecule has 16 heavy (non-hydrogen) atoms. The van der Waals surface area contributed by atoms with Crippen LogP contribution < -0.4 is 0 Å². The van der Waals surface area contributed by atoms with Crippen LogP contribution in [0, 0.1) is 34.6 Å². The molecule has 0 N–H and O–H groups in total. The van der Waals surface area contributed by atoms with Crippen molar-refractivity contribution in [2.45, 2.75) is 34.6 Å². The van der Waals surface area contributed by atoms with Gasteiger partial charge in [-0.2, -0.15) is 27.8 Å². The summed E-state index contributed by atoms with van der Waals surface area (Å²) in [4.78, 5) is 0. The third-order valence-corrected chi connectivity index (χ3v) is 28.1. The maximum Gasteiger partial charge on any atom is 5.00 e. The number of hydrogen-bond donors (Lipinski definition) is 0. The Hall–Kier alpha value is 1.37. The molecule has 0 spiro atoms. The van der Waals surface area contributed by atoms with E-state index in [0.29, 0.717) is 0 Å². The van der Waals surface area contributed by atoms with Gasteiger partial charge >= 0.3 is 17.1 Å². The minimum Gasteiger partial charge on any atom is -0.196 e. The topological polar surface area (TPSA) is 0 Å².